The number of nitrogens with two attached hydrogens (primary N) is 1. The van der Waals surface area contributed by atoms with Gasteiger partial charge in [-0.15, -0.1) is 10.2 Å². The molecule has 2 aromatic rings. The van der Waals surface area contributed by atoms with Gasteiger partial charge in [-0.05, 0) is 34.1 Å². The minimum absolute atomic E-state index is 0.130. The monoisotopic (exact) mass is 267 g/mol. The Morgan fingerprint density at radius 2 is 2.13 bits per heavy atom. The molecule has 0 unspecified atom stereocenters. The summed E-state index contributed by atoms with van der Waals surface area (Å²) in [6.07, 6.45) is 1.72. The second-order valence-corrected chi connectivity index (χ2v) is 3.54. The van der Waals surface area contributed by atoms with Crippen LogP contribution in [0.1, 0.15) is 10.5 Å². The normalized spacial score (nSPS) is 10.2. The van der Waals surface area contributed by atoms with E-state index in [1.54, 1.807) is 18.3 Å². The molecule has 1 amide bonds. The zero-order valence-electron chi connectivity index (χ0n) is 7.46. The van der Waals surface area contributed by atoms with Crippen molar-refractivity contribution in [1.29, 1.82) is 0 Å². The van der Waals surface area contributed by atoms with Crippen molar-refractivity contribution in [1.82, 2.24) is 20.0 Å². The third-order valence-electron chi connectivity index (χ3n) is 1.69. The SMILES string of the molecule is NC(=O)c1ccc(-n2ccc(Br)n2)nn1. The van der Waals surface area contributed by atoms with E-state index in [4.69, 9.17) is 5.73 Å². The van der Waals surface area contributed by atoms with Crippen molar-refractivity contribution in [2.24, 2.45) is 5.73 Å². The van der Waals surface area contributed by atoms with E-state index in [0.29, 0.717) is 10.4 Å². The molecule has 2 rings (SSSR count). The van der Waals surface area contributed by atoms with Crippen LogP contribution in [0.5, 0.6) is 0 Å². The Hall–Kier alpha value is -1.76. The number of rotatable bonds is 2. The highest BCUT2D eigenvalue weighted by Crippen LogP contribution is 2.08. The molecule has 0 fully saturated rings. The molecule has 0 atom stereocenters. The summed E-state index contributed by atoms with van der Waals surface area (Å²) >= 11 is 3.21. The molecule has 15 heavy (non-hydrogen) atoms. The van der Waals surface area contributed by atoms with E-state index in [-0.39, 0.29) is 5.69 Å². The maximum Gasteiger partial charge on any atom is 0.269 e. The van der Waals surface area contributed by atoms with Gasteiger partial charge in [0.05, 0.1) is 0 Å². The molecule has 2 aromatic heterocycles. The minimum Gasteiger partial charge on any atom is -0.364 e. The van der Waals surface area contributed by atoms with E-state index in [1.165, 1.54) is 10.7 Å². The summed E-state index contributed by atoms with van der Waals surface area (Å²) in [5, 5.41) is 11.5. The van der Waals surface area contributed by atoms with Crippen molar-refractivity contribution < 1.29 is 4.79 Å². The van der Waals surface area contributed by atoms with Gasteiger partial charge in [0.1, 0.15) is 4.60 Å². The maximum atomic E-state index is 10.7. The predicted molar refractivity (Wildman–Crippen MR) is 55.4 cm³/mol. The van der Waals surface area contributed by atoms with Crippen LogP contribution in [-0.4, -0.2) is 25.9 Å². The van der Waals surface area contributed by atoms with Crippen LogP contribution in [-0.2, 0) is 0 Å². The average Bonchev–Trinajstić information content (AvgIpc) is 2.65. The van der Waals surface area contributed by atoms with E-state index in [9.17, 15) is 4.79 Å². The summed E-state index contributed by atoms with van der Waals surface area (Å²) in [6, 6.07) is 4.89. The molecule has 0 aliphatic carbocycles. The van der Waals surface area contributed by atoms with Crippen LogP contribution in [0.15, 0.2) is 29.0 Å². The average molecular weight is 268 g/mol. The highest BCUT2D eigenvalue weighted by Gasteiger charge is 2.04. The van der Waals surface area contributed by atoms with Crippen LogP contribution in [0.25, 0.3) is 5.82 Å². The van der Waals surface area contributed by atoms with Gasteiger partial charge in [0.15, 0.2) is 11.5 Å². The van der Waals surface area contributed by atoms with Crippen molar-refractivity contribution in [2.75, 3.05) is 0 Å². The van der Waals surface area contributed by atoms with Gasteiger partial charge < -0.3 is 5.73 Å². The van der Waals surface area contributed by atoms with Crippen molar-refractivity contribution in [2.45, 2.75) is 0 Å². The predicted octanol–water partition coefficient (Wildman–Crippen LogP) is 0.524. The lowest BCUT2D eigenvalue weighted by molar-refractivity contribution is 0.0994. The van der Waals surface area contributed by atoms with Gasteiger partial charge in [-0.3, -0.25) is 4.79 Å². The maximum absolute atomic E-state index is 10.7. The van der Waals surface area contributed by atoms with Gasteiger partial charge in [-0.25, -0.2) is 4.68 Å². The van der Waals surface area contributed by atoms with Gasteiger partial charge in [0.25, 0.3) is 5.91 Å². The molecular formula is C8H6BrN5O. The lowest BCUT2D eigenvalue weighted by atomic mass is 10.4. The lowest BCUT2D eigenvalue weighted by Gasteiger charge is -1.98. The Balaban J connectivity index is 2.35. The fourth-order valence-electron chi connectivity index (χ4n) is 1.01. The molecule has 0 bridgehead atoms. The standard InChI is InChI=1S/C8H6BrN5O/c9-6-3-4-14(13-6)7-2-1-5(8(10)15)11-12-7/h1-4H,(H2,10,15). The van der Waals surface area contributed by atoms with E-state index in [0.717, 1.165) is 0 Å². The van der Waals surface area contributed by atoms with E-state index >= 15 is 0 Å². The molecule has 2 heterocycles. The summed E-state index contributed by atoms with van der Waals surface area (Å²) in [5.74, 6) is -0.0820. The molecule has 0 aliphatic rings. The zero-order valence-corrected chi connectivity index (χ0v) is 9.05. The molecule has 0 radical (unpaired) electrons. The van der Waals surface area contributed by atoms with Crippen LogP contribution >= 0.6 is 15.9 Å². The number of nitrogens with zero attached hydrogens (tertiary/aromatic N) is 4. The van der Waals surface area contributed by atoms with Gasteiger partial charge in [-0.1, -0.05) is 0 Å². The quantitative estimate of drug-likeness (QED) is 0.860. The van der Waals surface area contributed by atoms with Crippen LogP contribution in [0.4, 0.5) is 0 Å². The number of primary amides is 1. The van der Waals surface area contributed by atoms with Crippen molar-refractivity contribution in [3.63, 3.8) is 0 Å². The number of amides is 1. The summed E-state index contributed by atoms with van der Waals surface area (Å²) in [4.78, 5) is 10.7. The lowest BCUT2D eigenvalue weighted by Crippen LogP contribution is -2.14. The molecule has 6 nitrogen and oxygen atoms in total. The molecule has 0 aromatic carbocycles. The first kappa shape index (κ1) is 9.78. The fraction of sp³-hybridized carbons (Fsp3) is 0. The molecule has 7 heteroatoms. The van der Waals surface area contributed by atoms with Gasteiger partial charge in [-0.2, -0.15) is 5.10 Å². The second kappa shape index (κ2) is 3.77. The third kappa shape index (κ3) is 2.01. The Labute approximate surface area is 93.2 Å². The first-order chi connectivity index (χ1) is 7.16. The van der Waals surface area contributed by atoms with Crippen molar-refractivity contribution in [3.8, 4) is 5.82 Å². The largest absolute Gasteiger partial charge is 0.364 e. The molecule has 0 saturated carbocycles. The summed E-state index contributed by atoms with van der Waals surface area (Å²) < 4.78 is 2.23. The number of carbonyl (C=O) groups excluding carboxylic acids is 1. The molecule has 0 aliphatic heterocycles. The topological polar surface area (TPSA) is 86.7 Å². The first-order valence-electron chi connectivity index (χ1n) is 4.02. The molecule has 0 saturated heterocycles. The molecule has 76 valence electrons. The molecule has 2 N–H and O–H groups in total. The van der Waals surface area contributed by atoms with Crippen LogP contribution in [0.3, 0.4) is 0 Å². The third-order valence-corrected chi connectivity index (χ3v) is 2.12. The van der Waals surface area contributed by atoms with E-state index in [1.807, 2.05) is 0 Å². The summed E-state index contributed by atoms with van der Waals surface area (Å²) in [6.45, 7) is 0. The van der Waals surface area contributed by atoms with E-state index in [2.05, 4.69) is 31.2 Å². The minimum atomic E-state index is -0.601. The second-order valence-electron chi connectivity index (χ2n) is 2.72. The molecular weight excluding hydrogens is 262 g/mol. The Bertz CT molecular complexity index is 492. The van der Waals surface area contributed by atoms with Gasteiger partial charge in [0, 0.05) is 6.20 Å². The summed E-state index contributed by atoms with van der Waals surface area (Å²) in [7, 11) is 0. The number of halogens is 1. The van der Waals surface area contributed by atoms with Crippen LogP contribution < -0.4 is 5.73 Å². The smallest absolute Gasteiger partial charge is 0.269 e. The number of carbonyl (C=O) groups is 1. The zero-order chi connectivity index (χ0) is 10.8. The van der Waals surface area contributed by atoms with Crippen molar-refractivity contribution >= 4 is 21.8 Å². The van der Waals surface area contributed by atoms with E-state index < -0.39 is 5.91 Å². The van der Waals surface area contributed by atoms with Crippen LogP contribution in [0.2, 0.25) is 0 Å². The number of hydrogen-bond donors (Lipinski definition) is 1. The van der Waals surface area contributed by atoms with Gasteiger partial charge >= 0.3 is 0 Å². The highest BCUT2D eigenvalue weighted by molar-refractivity contribution is 9.10. The Kier molecular flexibility index (Phi) is 2.46. The number of hydrogen-bond acceptors (Lipinski definition) is 4. The summed E-state index contributed by atoms with van der Waals surface area (Å²) in [5.41, 5.74) is 5.16. The first-order valence-corrected chi connectivity index (χ1v) is 4.81. The van der Waals surface area contributed by atoms with Crippen LogP contribution in [0, 0.1) is 0 Å². The van der Waals surface area contributed by atoms with Crippen molar-refractivity contribution in [3.05, 3.63) is 34.7 Å². The Morgan fingerprint density at radius 1 is 1.33 bits per heavy atom. The molecule has 0 spiro atoms. The fourth-order valence-corrected chi connectivity index (χ4v) is 1.30. The Morgan fingerprint density at radius 3 is 2.60 bits per heavy atom. The van der Waals surface area contributed by atoms with Gasteiger partial charge in [0.2, 0.25) is 0 Å². The highest BCUT2D eigenvalue weighted by atomic mass is 79.9. The number of aromatic nitrogens is 4.